The highest BCUT2D eigenvalue weighted by Crippen LogP contribution is 2.22. The van der Waals surface area contributed by atoms with Crippen LogP contribution in [0.1, 0.15) is 43.5 Å². The van der Waals surface area contributed by atoms with E-state index in [4.69, 9.17) is 26.8 Å². The third-order valence-electron chi connectivity index (χ3n) is 5.75. The van der Waals surface area contributed by atoms with Crippen molar-refractivity contribution in [2.24, 2.45) is 0 Å². The Morgan fingerprint density at radius 2 is 2.12 bits per heavy atom. The number of benzene rings is 1. The fourth-order valence-electron chi connectivity index (χ4n) is 3.98. The van der Waals surface area contributed by atoms with Gasteiger partial charge in [-0.1, -0.05) is 11.6 Å². The lowest BCUT2D eigenvalue weighted by Crippen LogP contribution is -2.54. The molecule has 2 aliphatic rings. The second kappa shape index (κ2) is 10.8. The van der Waals surface area contributed by atoms with Gasteiger partial charge in [0.2, 0.25) is 11.8 Å². The monoisotopic (exact) mass is 480 g/mol. The molecule has 1 aromatic rings. The summed E-state index contributed by atoms with van der Waals surface area (Å²) < 4.78 is 10.6. The van der Waals surface area contributed by atoms with Crippen molar-refractivity contribution in [1.29, 1.82) is 0 Å². The molecule has 0 saturated carbocycles. The van der Waals surface area contributed by atoms with Gasteiger partial charge >= 0.3 is 5.97 Å². The molecule has 180 valence electrons. The molecule has 4 atom stereocenters. The van der Waals surface area contributed by atoms with Gasteiger partial charge in [0.1, 0.15) is 18.2 Å². The molecule has 2 heterocycles. The van der Waals surface area contributed by atoms with E-state index in [1.165, 1.54) is 23.1 Å². The number of nitrogens with one attached hydrogen (secondary N) is 2. The van der Waals surface area contributed by atoms with Gasteiger partial charge in [-0.3, -0.25) is 19.2 Å². The normalized spacial score (nSPS) is 23.2. The molecule has 3 rings (SSSR count). The standard InChI is InChI=1S/C22H29ClN4O6/c1-3-32-11-18-16(10-19(28)33-18)26-21(30)17-5-4-8-27(17)22(31)12(2)25-20(29)13-6-7-15(24)14(23)9-13/h6-7,9,12,16-18H,3-5,8,10-11,24H2,1-2H3,(H,25,29)(H,26,30)/t12-,16-,17-,18?/m0/s1. The Morgan fingerprint density at radius 1 is 1.36 bits per heavy atom. The maximum Gasteiger partial charge on any atom is 0.308 e. The first-order valence-corrected chi connectivity index (χ1v) is 11.3. The minimum atomic E-state index is -0.857. The highest BCUT2D eigenvalue weighted by atomic mass is 35.5. The first-order chi connectivity index (χ1) is 15.7. The molecule has 11 heteroatoms. The zero-order valence-corrected chi connectivity index (χ0v) is 19.4. The van der Waals surface area contributed by atoms with E-state index in [0.717, 1.165) is 0 Å². The highest BCUT2D eigenvalue weighted by molar-refractivity contribution is 6.33. The first kappa shape index (κ1) is 24.8. The van der Waals surface area contributed by atoms with Gasteiger partial charge < -0.3 is 30.7 Å². The molecule has 0 aromatic heterocycles. The fraction of sp³-hybridized carbons (Fsp3) is 0.545. The van der Waals surface area contributed by atoms with E-state index >= 15 is 0 Å². The predicted octanol–water partition coefficient (Wildman–Crippen LogP) is 0.868. The average molecular weight is 481 g/mol. The van der Waals surface area contributed by atoms with Crippen LogP contribution < -0.4 is 16.4 Å². The van der Waals surface area contributed by atoms with E-state index < -0.39 is 36.1 Å². The molecule has 2 aliphatic heterocycles. The summed E-state index contributed by atoms with van der Waals surface area (Å²) in [6.45, 7) is 4.44. The number of nitrogens with zero attached hydrogens (tertiary/aromatic N) is 1. The number of rotatable bonds is 8. The fourth-order valence-corrected chi connectivity index (χ4v) is 4.16. The maximum absolute atomic E-state index is 13.0. The predicted molar refractivity (Wildman–Crippen MR) is 120 cm³/mol. The molecule has 10 nitrogen and oxygen atoms in total. The van der Waals surface area contributed by atoms with Gasteiger partial charge in [-0.05, 0) is 44.9 Å². The Labute approximate surface area is 197 Å². The third-order valence-corrected chi connectivity index (χ3v) is 6.08. The smallest absolute Gasteiger partial charge is 0.308 e. The van der Waals surface area contributed by atoms with Crippen LogP contribution in [0.25, 0.3) is 0 Å². The zero-order chi connectivity index (χ0) is 24.1. The SMILES string of the molecule is CCOCC1OC(=O)C[C@@H]1NC(=O)[C@@H]1CCCN1C(=O)[C@H](C)NC(=O)c1ccc(N)c(Cl)c1. The zero-order valence-electron chi connectivity index (χ0n) is 18.6. The van der Waals surface area contributed by atoms with E-state index in [2.05, 4.69) is 10.6 Å². The third kappa shape index (κ3) is 5.94. The van der Waals surface area contributed by atoms with Crippen molar-refractivity contribution in [3.63, 3.8) is 0 Å². The average Bonchev–Trinajstić information content (AvgIpc) is 3.40. The molecular formula is C22H29ClN4O6. The van der Waals surface area contributed by atoms with Gasteiger partial charge in [-0.25, -0.2) is 0 Å². The van der Waals surface area contributed by atoms with E-state index in [-0.39, 0.29) is 35.4 Å². The summed E-state index contributed by atoms with van der Waals surface area (Å²) >= 11 is 5.97. The number of ether oxygens (including phenoxy) is 2. The van der Waals surface area contributed by atoms with Crippen molar-refractivity contribution in [3.05, 3.63) is 28.8 Å². The van der Waals surface area contributed by atoms with Crippen molar-refractivity contribution >= 4 is 41.0 Å². The second-order valence-corrected chi connectivity index (χ2v) is 8.54. The summed E-state index contributed by atoms with van der Waals surface area (Å²) in [5, 5.41) is 5.73. The Bertz CT molecular complexity index is 926. The number of anilines is 1. The summed E-state index contributed by atoms with van der Waals surface area (Å²) in [4.78, 5) is 51.7. The Balaban J connectivity index is 1.60. The molecule has 2 fully saturated rings. The van der Waals surface area contributed by atoms with E-state index in [9.17, 15) is 19.2 Å². The van der Waals surface area contributed by atoms with Crippen LogP contribution in [0.2, 0.25) is 5.02 Å². The number of nitrogen functional groups attached to an aromatic ring is 1. The van der Waals surface area contributed by atoms with Gasteiger partial charge in [0.05, 0.1) is 29.8 Å². The van der Waals surface area contributed by atoms with Gasteiger partial charge in [0, 0.05) is 18.7 Å². The Kier molecular flexibility index (Phi) is 8.15. The summed E-state index contributed by atoms with van der Waals surface area (Å²) in [7, 11) is 0. The lowest BCUT2D eigenvalue weighted by molar-refractivity contribution is -0.143. The minimum Gasteiger partial charge on any atom is -0.458 e. The van der Waals surface area contributed by atoms with Crippen molar-refractivity contribution in [1.82, 2.24) is 15.5 Å². The van der Waals surface area contributed by atoms with Crippen LogP contribution in [0.3, 0.4) is 0 Å². The van der Waals surface area contributed by atoms with Crippen LogP contribution in [0.5, 0.6) is 0 Å². The lowest BCUT2D eigenvalue weighted by Gasteiger charge is -2.28. The van der Waals surface area contributed by atoms with Crippen LogP contribution in [0, 0.1) is 0 Å². The van der Waals surface area contributed by atoms with Crippen LogP contribution >= 0.6 is 11.6 Å². The molecule has 4 N–H and O–H groups in total. The van der Waals surface area contributed by atoms with E-state index in [0.29, 0.717) is 31.7 Å². The number of carbonyl (C=O) groups is 4. The number of hydrogen-bond acceptors (Lipinski definition) is 7. The van der Waals surface area contributed by atoms with Gasteiger partial charge in [-0.2, -0.15) is 0 Å². The number of nitrogens with two attached hydrogens (primary N) is 1. The molecule has 0 radical (unpaired) electrons. The van der Waals surface area contributed by atoms with Crippen molar-refractivity contribution in [2.75, 3.05) is 25.5 Å². The largest absolute Gasteiger partial charge is 0.458 e. The Morgan fingerprint density at radius 3 is 2.82 bits per heavy atom. The quantitative estimate of drug-likeness (QED) is 0.370. The van der Waals surface area contributed by atoms with Crippen molar-refractivity contribution in [2.45, 2.75) is 57.3 Å². The summed E-state index contributed by atoms with van der Waals surface area (Å²) in [5.74, 6) is -1.59. The van der Waals surface area contributed by atoms with Gasteiger partial charge in [0.15, 0.2) is 0 Å². The number of esters is 1. The van der Waals surface area contributed by atoms with Crippen LogP contribution in [0.4, 0.5) is 5.69 Å². The first-order valence-electron chi connectivity index (χ1n) is 10.9. The number of halogens is 1. The molecule has 0 spiro atoms. The summed E-state index contributed by atoms with van der Waals surface area (Å²) in [6.07, 6.45) is 0.641. The van der Waals surface area contributed by atoms with Gasteiger partial charge in [0.25, 0.3) is 5.91 Å². The molecule has 3 amide bonds. The number of hydrogen-bond donors (Lipinski definition) is 3. The topological polar surface area (TPSA) is 140 Å². The van der Waals surface area contributed by atoms with E-state index in [1.54, 1.807) is 6.92 Å². The van der Waals surface area contributed by atoms with Crippen LogP contribution in [0.15, 0.2) is 18.2 Å². The van der Waals surface area contributed by atoms with Crippen LogP contribution in [-0.2, 0) is 23.9 Å². The lowest BCUT2D eigenvalue weighted by atomic mass is 10.1. The number of amides is 3. The van der Waals surface area contributed by atoms with Crippen LogP contribution in [-0.4, -0.2) is 72.6 Å². The maximum atomic E-state index is 13.0. The van der Waals surface area contributed by atoms with Crippen molar-refractivity contribution < 1.29 is 28.7 Å². The Hall–Kier alpha value is -2.85. The molecule has 0 bridgehead atoms. The molecule has 1 unspecified atom stereocenters. The summed E-state index contributed by atoms with van der Waals surface area (Å²) in [6, 6.07) is 2.40. The molecule has 1 aromatic carbocycles. The van der Waals surface area contributed by atoms with Crippen molar-refractivity contribution in [3.8, 4) is 0 Å². The minimum absolute atomic E-state index is 0.0563. The number of carbonyl (C=O) groups excluding carboxylic acids is 4. The second-order valence-electron chi connectivity index (χ2n) is 8.13. The molecular weight excluding hydrogens is 452 g/mol. The highest BCUT2D eigenvalue weighted by Gasteiger charge is 2.41. The van der Waals surface area contributed by atoms with E-state index in [1.807, 2.05) is 6.92 Å². The summed E-state index contributed by atoms with van der Waals surface area (Å²) in [5.41, 5.74) is 6.29. The number of cyclic esters (lactones) is 1. The number of likely N-dealkylation sites (tertiary alicyclic amines) is 1. The molecule has 2 saturated heterocycles. The molecule has 33 heavy (non-hydrogen) atoms. The van der Waals surface area contributed by atoms with Gasteiger partial charge in [-0.15, -0.1) is 0 Å². The molecule has 0 aliphatic carbocycles.